The van der Waals surface area contributed by atoms with Crippen LogP contribution in [0.3, 0.4) is 0 Å². The van der Waals surface area contributed by atoms with Crippen LogP contribution in [0, 0.1) is 5.92 Å². The predicted molar refractivity (Wildman–Crippen MR) is 116 cm³/mol. The number of rotatable bonds is 9. The molecule has 0 radical (unpaired) electrons. The highest BCUT2D eigenvalue weighted by Crippen LogP contribution is 2.28. The number of allylic oxidation sites excluding steroid dienone is 2. The van der Waals surface area contributed by atoms with Crippen molar-refractivity contribution in [3.63, 3.8) is 0 Å². The molecule has 1 N–H and O–H groups in total. The van der Waals surface area contributed by atoms with E-state index in [-0.39, 0.29) is 11.9 Å². The number of halogens is 2. The lowest BCUT2D eigenvalue weighted by Crippen LogP contribution is -2.39. The van der Waals surface area contributed by atoms with Crippen LogP contribution in [-0.2, 0) is 9.53 Å². The van der Waals surface area contributed by atoms with Gasteiger partial charge in [0, 0.05) is 25.0 Å². The molecular weight excluding hydrogens is 399 g/mol. The molecule has 1 aliphatic rings. The molecule has 0 aromatic rings. The summed E-state index contributed by atoms with van der Waals surface area (Å²) in [6.07, 6.45) is 5.36. The molecule has 1 heterocycles. The van der Waals surface area contributed by atoms with E-state index in [0.717, 1.165) is 37.8 Å². The molecule has 0 aliphatic carbocycles. The van der Waals surface area contributed by atoms with E-state index in [1.54, 1.807) is 0 Å². The first-order chi connectivity index (χ1) is 13.1. The molecule has 1 saturated heterocycles. The van der Waals surface area contributed by atoms with Gasteiger partial charge in [0.25, 0.3) is 0 Å². The van der Waals surface area contributed by atoms with Crippen molar-refractivity contribution in [1.82, 2.24) is 10.2 Å². The number of amides is 2. The van der Waals surface area contributed by atoms with Crippen molar-refractivity contribution >= 4 is 35.2 Å². The molecule has 0 aromatic carbocycles. The molecule has 0 aromatic heterocycles. The third-order valence-corrected chi connectivity index (χ3v) is 5.25. The fourth-order valence-corrected chi connectivity index (χ4v) is 3.56. The Hall–Kier alpha value is -1.20. The molecule has 0 saturated carbocycles. The molecular formula is C21H34Cl2N2O3. The average Bonchev–Trinajstić information content (AvgIpc) is 3.01. The van der Waals surface area contributed by atoms with E-state index < -0.39 is 11.7 Å². The van der Waals surface area contributed by atoms with Crippen molar-refractivity contribution in [2.24, 2.45) is 5.92 Å². The molecule has 28 heavy (non-hydrogen) atoms. The van der Waals surface area contributed by atoms with Crippen LogP contribution in [0.4, 0.5) is 4.79 Å². The monoisotopic (exact) mass is 432 g/mol. The van der Waals surface area contributed by atoms with Gasteiger partial charge in [0.15, 0.2) is 0 Å². The van der Waals surface area contributed by atoms with Crippen molar-refractivity contribution in [2.45, 2.75) is 78.4 Å². The summed E-state index contributed by atoms with van der Waals surface area (Å²) in [5.74, 6) is 0.497. The molecule has 2 atom stereocenters. The van der Waals surface area contributed by atoms with E-state index in [1.807, 2.05) is 31.7 Å². The number of carbonyl (C=O) groups excluding carboxylic acids is 2. The molecule has 2 amide bonds. The number of carbonyl (C=O) groups is 2. The van der Waals surface area contributed by atoms with E-state index >= 15 is 0 Å². The second kappa shape index (κ2) is 11.7. The van der Waals surface area contributed by atoms with Crippen LogP contribution in [0.5, 0.6) is 0 Å². The van der Waals surface area contributed by atoms with Crippen molar-refractivity contribution in [3.05, 3.63) is 22.2 Å². The second-order valence-corrected chi connectivity index (χ2v) is 8.99. The molecule has 1 unspecified atom stereocenters. The van der Waals surface area contributed by atoms with Crippen LogP contribution >= 0.6 is 23.2 Å². The van der Waals surface area contributed by atoms with Crippen LogP contribution in [0.2, 0.25) is 0 Å². The lowest BCUT2D eigenvalue weighted by Gasteiger charge is -2.32. The van der Waals surface area contributed by atoms with Crippen LogP contribution in [0.1, 0.15) is 66.7 Å². The molecule has 7 heteroatoms. The first kappa shape index (κ1) is 24.8. The Kier molecular flexibility index (Phi) is 10.4. The van der Waals surface area contributed by atoms with Gasteiger partial charge in [-0.3, -0.25) is 4.79 Å². The smallest absolute Gasteiger partial charge is 0.407 e. The Balaban J connectivity index is 2.74. The quantitative estimate of drug-likeness (QED) is 0.484. The Bertz CT molecular complexity index is 597. The zero-order chi connectivity index (χ0) is 21.3. The molecule has 160 valence electrons. The van der Waals surface area contributed by atoms with Gasteiger partial charge in [0.1, 0.15) is 5.60 Å². The van der Waals surface area contributed by atoms with Gasteiger partial charge in [-0.1, -0.05) is 37.0 Å². The standard InChI is InChI=1S/C21H34Cl2N2O3/c1-6-16(13-17(23)14-22)18(25-11-7-8-19(25)26)12-15(2)9-10-24-20(27)28-21(3,4)5/h13-15,18H,6-12H2,1-5H3,(H,24,27)/b16-13+,17-14-/t15-,18?/m0/s1. The number of alkyl carbamates (subject to hydrolysis) is 1. The van der Waals surface area contributed by atoms with Gasteiger partial charge in [-0.15, -0.1) is 0 Å². The van der Waals surface area contributed by atoms with Crippen LogP contribution < -0.4 is 5.32 Å². The Morgan fingerprint density at radius 2 is 2.07 bits per heavy atom. The van der Waals surface area contributed by atoms with Gasteiger partial charge in [0.2, 0.25) is 5.91 Å². The number of nitrogens with one attached hydrogen (secondary N) is 1. The summed E-state index contributed by atoms with van der Waals surface area (Å²) in [6, 6.07) is 0.00175. The number of likely N-dealkylation sites (tertiary alicyclic amines) is 1. The van der Waals surface area contributed by atoms with Crippen molar-refractivity contribution in [3.8, 4) is 0 Å². The number of ether oxygens (including phenoxy) is 1. The molecule has 0 spiro atoms. The maximum Gasteiger partial charge on any atom is 0.407 e. The maximum absolute atomic E-state index is 12.4. The summed E-state index contributed by atoms with van der Waals surface area (Å²) in [5, 5.41) is 3.27. The number of hydrogen-bond acceptors (Lipinski definition) is 3. The Morgan fingerprint density at radius 1 is 1.39 bits per heavy atom. The predicted octanol–water partition coefficient (Wildman–Crippen LogP) is 5.57. The highest BCUT2D eigenvalue weighted by atomic mass is 35.5. The lowest BCUT2D eigenvalue weighted by molar-refractivity contribution is -0.129. The minimum absolute atomic E-state index is 0.00175. The SMILES string of the molecule is CC/C(=C\C(Cl)=C\Cl)C(C[C@@H](C)CCNC(=O)OC(C)(C)C)N1CCCC1=O. The topological polar surface area (TPSA) is 58.6 Å². The molecule has 1 aliphatic heterocycles. The lowest BCUT2D eigenvalue weighted by atomic mass is 9.91. The first-order valence-electron chi connectivity index (χ1n) is 10.00. The van der Waals surface area contributed by atoms with Gasteiger partial charge in [0.05, 0.1) is 11.1 Å². The van der Waals surface area contributed by atoms with Gasteiger partial charge >= 0.3 is 6.09 Å². The zero-order valence-corrected chi connectivity index (χ0v) is 19.2. The highest BCUT2D eigenvalue weighted by molar-refractivity contribution is 6.37. The van der Waals surface area contributed by atoms with Gasteiger partial charge in [-0.2, -0.15) is 0 Å². The summed E-state index contributed by atoms with van der Waals surface area (Å²) >= 11 is 11.8. The van der Waals surface area contributed by atoms with Gasteiger partial charge < -0.3 is 15.0 Å². The van der Waals surface area contributed by atoms with Crippen molar-refractivity contribution in [2.75, 3.05) is 13.1 Å². The minimum Gasteiger partial charge on any atom is -0.444 e. The van der Waals surface area contributed by atoms with Crippen molar-refractivity contribution < 1.29 is 14.3 Å². The van der Waals surface area contributed by atoms with E-state index in [0.29, 0.717) is 23.9 Å². The van der Waals surface area contributed by atoms with Gasteiger partial charge in [-0.05, 0) is 64.0 Å². The zero-order valence-electron chi connectivity index (χ0n) is 17.7. The van der Waals surface area contributed by atoms with E-state index in [4.69, 9.17) is 27.9 Å². The number of hydrogen-bond donors (Lipinski definition) is 1. The Morgan fingerprint density at radius 3 is 2.57 bits per heavy atom. The van der Waals surface area contributed by atoms with Gasteiger partial charge in [-0.25, -0.2) is 4.79 Å². The average molecular weight is 433 g/mol. The fourth-order valence-electron chi connectivity index (χ4n) is 3.35. The molecule has 1 fully saturated rings. The third-order valence-electron chi connectivity index (χ3n) is 4.68. The fraction of sp³-hybridized carbons (Fsp3) is 0.714. The van der Waals surface area contributed by atoms with Crippen molar-refractivity contribution in [1.29, 1.82) is 0 Å². The van der Waals surface area contributed by atoms with E-state index in [9.17, 15) is 9.59 Å². The summed E-state index contributed by atoms with van der Waals surface area (Å²) in [7, 11) is 0. The second-order valence-electron chi connectivity index (χ2n) is 8.33. The third kappa shape index (κ3) is 8.87. The van der Waals surface area contributed by atoms with Crippen LogP contribution in [0.15, 0.2) is 22.2 Å². The largest absolute Gasteiger partial charge is 0.444 e. The first-order valence-corrected chi connectivity index (χ1v) is 10.8. The molecule has 5 nitrogen and oxygen atoms in total. The van der Waals surface area contributed by atoms with Crippen LogP contribution in [0.25, 0.3) is 0 Å². The summed E-state index contributed by atoms with van der Waals surface area (Å²) in [6.45, 7) is 11.0. The van der Waals surface area contributed by atoms with Crippen LogP contribution in [-0.4, -0.2) is 41.6 Å². The minimum atomic E-state index is -0.507. The maximum atomic E-state index is 12.4. The number of nitrogens with zero attached hydrogens (tertiary/aromatic N) is 1. The highest BCUT2D eigenvalue weighted by Gasteiger charge is 2.30. The van der Waals surface area contributed by atoms with E-state index in [2.05, 4.69) is 19.2 Å². The molecule has 1 rings (SSSR count). The summed E-state index contributed by atoms with van der Waals surface area (Å²) < 4.78 is 5.26. The molecule has 0 bridgehead atoms. The van der Waals surface area contributed by atoms with E-state index in [1.165, 1.54) is 5.54 Å². The summed E-state index contributed by atoms with van der Waals surface area (Å²) in [5.41, 5.74) is 1.94. The Labute approximate surface area is 179 Å². The summed E-state index contributed by atoms with van der Waals surface area (Å²) in [4.78, 5) is 26.1. The normalized spacial score (nSPS) is 18.2.